The third-order valence-electron chi connectivity index (χ3n) is 8.81. The Balaban J connectivity index is 1.35. The van der Waals surface area contributed by atoms with Gasteiger partial charge in [0, 0.05) is 22.3 Å². The van der Waals surface area contributed by atoms with Gasteiger partial charge < -0.3 is 0 Å². The van der Waals surface area contributed by atoms with E-state index in [1.807, 2.05) is 12.1 Å². The molecule has 2 fully saturated rings. The lowest BCUT2D eigenvalue weighted by atomic mass is 9.80. The highest BCUT2D eigenvalue weighted by atomic mass is 16.1. The number of carbonyl (C=O) groups is 2. The van der Waals surface area contributed by atoms with E-state index in [0.717, 1.165) is 24.7 Å². The molecule has 0 bridgehead atoms. The van der Waals surface area contributed by atoms with Gasteiger partial charge in [-0.2, -0.15) is 0 Å². The number of hydrogen-bond donors (Lipinski definition) is 0. The molecule has 0 unspecified atom stereocenters. The average Bonchev–Trinajstić information content (AvgIpc) is 2.89. The van der Waals surface area contributed by atoms with Gasteiger partial charge in [0.05, 0.1) is 0 Å². The maximum absolute atomic E-state index is 13.3. The Kier molecular flexibility index (Phi) is 7.62. The topological polar surface area (TPSA) is 34.1 Å². The smallest absolute Gasteiger partial charge is 0.194 e. The van der Waals surface area contributed by atoms with Crippen LogP contribution in [0.15, 0.2) is 36.4 Å². The zero-order valence-corrected chi connectivity index (χ0v) is 20.7. The second-order valence-corrected chi connectivity index (χ2v) is 11.2. The van der Waals surface area contributed by atoms with Gasteiger partial charge in [0.2, 0.25) is 0 Å². The number of rotatable bonds is 8. The van der Waals surface area contributed by atoms with E-state index in [1.54, 1.807) is 12.1 Å². The number of carbonyl (C=O) groups excluding carboxylic acids is 2. The van der Waals surface area contributed by atoms with E-state index in [9.17, 15) is 9.59 Å². The third-order valence-corrected chi connectivity index (χ3v) is 8.81. The van der Waals surface area contributed by atoms with Crippen LogP contribution >= 0.6 is 0 Å². The molecule has 0 atom stereocenters. The minimum Gasteiger partial charge on any atom is -0.289 e. The van der Waals surface area contributed by atoms with Crippen molar-refractivity contribution in [3.63, 3.8) is 0 Å². The summed E-state index contributed by atoms with van der Waals surface area (Å²) in [6.45, 7) is 0. The van der Waals surface area contributed by atoms with Crippen LogP contribution in [0.1, 0.15) is 133 Å². The first-order chi connectivity index (χ1) is 16.7. The van der Waals surface area contributed by atoms with Gasteiger partial charge in [0.15, 0.2) is 11.6 Å². The molecule has 0 aliphatic heterocycles. The van der Waals surface area contributed by atoms with Gasteiger partial charge in [-0.15, -0.1) is 0 Å². The molecule has 0 spiro atoms. The van der Waals surface area contributed by atoms with Gasteiger partial charge in [0.1, 0.15) is 0 Å². The summed E-state index contributed by atoms with van der Waals surface area (Å²) in [5, 5.41) is 0. The molecule has 0 radical (unpaired) electrons. The quantitative estimate of drug-likeness (QED) is 0.342. The summed E-state index contributed by atoms with van der Waals surface area (Å²) in [6, 6.07) is 11.5. The summed E-state index contributed by atoms with van der Waals surface area (Å²) in [6.07, 6.45) is 21.0. The fraction of sp³-hybridized carbons (Fsp3) is 0.562. The number of benzene rings is 2. The van der Waals surface area contributed by atoms with Crippen molar-refractivity contribution in [1.29, 1.82) is 0 Å². The summed E-state index contributed by atoms with van der Waals surface area (Å²) >= 11 is 0. The van der Waals surface area contributed by atoms with E-state index >= 15 is 0 Å². The standard InChI is InChI=1S/C32H40O2/c33-31-27-19-7-8-20-28(27)32(34)30-22-26(18-10-16-24-13-5-2-6-14-24)25(21-29(30)31)17-9-15-23-11-3-1-4-12-23/h7-8,19-24H,1-6,9-18H2. The van der Waals surface area contributed by atoms with E-state index < -0.39 is 0 Å². The summed E-state index contributed by atoms with van der Waals surface area (Å²) in [7, 11) is 0. The van der Waals surface area contributed by atoms with Gasteiger partial charge in [-0.05, 0) is 60.8 Å². The fourth-order valence-corrected chi connectivity index (χ4v) is 6.81. The second kappa shape index (κ2) is 11.0. The first-order valence-corrected chi connectivity index (χ1v) is 14.0. The Bertz CT molecular complexity index is 939. The SMILES string of the molecule is O=C1c2ccccc2C(=O)c2cc(CCCC3CCCCC3)c(CCCC3CCCCC3)cc21. The molecule has 2 heteroatoms. The first-order valence-electron chi connectivity index (χ1n) is 14.0. The zero-order valence-electron chi connectivity index (χ0n) is 20.7. The van der Waals surface area contributed by atoms with Gasteiger partial charge in [-0.1, -0.05) is 101 Å². The van der Waals surface area contributed by atoms with Crippen LogP contribution in [0.5, 0.6) is 0 Å². The highest BCUT2D eigenvalue weighted by molar-refractivity contribution is 6.28. The molecule has 0 N–H and O–H groups in total. The summed E-state index contributed by atoms with van der Waals surface area (Å²) < 4.78 is 0. The van der Waals surface area contributed by atoms with Crippen LogP contribution in [0.3, 0.4) is 0 Å². The molecule has 34 heavy (non-hydrogen) atoms. The van der Waals surface area contributed by atoms with Gasteiger partial charge in [-0.3, -0.25) is 9.59 Å². The van der Waals surface area contributed by atoms with Crippen molar-refractivity contribution < 1.29 is 9.59 Å². The maximum Gasteiger partial charge on any atom is 0.194 e. The molecule has 0 saturated heterocycles. The maximum atomic E-state index is 13.3. The molecule has 3 aliphatic carbocycles. The van der Waals surface area contributed by atoms with E-state index in [1.165, 1.54) is 101 Å². The van der Waals surface area contributed by atoms with Crippen LogP contribution in [-0.4, -0.2) is 11.6 Å². The van der Waals surface area contributed by atoms with Crippen molar-refractivity contribution in [2.24, 2.45) is 11.8 Å². The van der Waals surface area contributed by atoms with Gasteiger partial charge in [0.25, 0.3) is 0 Å². The molecule has 2 aromatic carbocycles. The zero-order chi connectivity index (χ0) is 23.3. The Morgan fingerprint density at radius 1 is 0.559 bits per heavy atom. The number of aryl methyl sites for hydroxylation is 2. The Labute approximate surface area is 205 Å². The van der Waals surface area contributed by atoms with Crippen molar-refractivity contribution in [2.45, 2.75) is 103 Å². The number of fused-ring (bicyclic) bond motifs is 2. The first kappa shape index (κ1) is 23.5. The molecular weight excluding hydrogens is 416 g/mol. The monoisotopic (exact) mass is 456 g/mol. The van der Waals surface area contributed by atoms with Crippen molar-refractivity contribution in [1.82, 2.24) is 0 Å². The van der Waals surface area contributed by atoms with E-state index in [0.29, 0.717) is 22.3 Å². The Morgan fingerprint density at radius 2 is 0.971 bits per heavy atom. The van der Waals surface area contributed by atoms with Crippen molar-refractivity contribution in [3.8, 4) is 0 Å². The predicted octanol–water partition coefficient (Wildman–Crippen LogP) is 8.27. The van der Waals surface area contributed by atoms with Gasteiger partial charge in [-0.25, -0.2) is 0 Å². The van der Waals surface area contributed by atoms with E-state index in [2.05, 4.69) is 12.1 Å². The van der Waals surface area contributed by atoms with E-state index in [-0.39, 0.29) is 11.6 Å². The van der Waals surface area contributed by atoms with Crippen LogP contribution in [-0.2, 0) is 12.8 Å². The lowest BCUT2D eigenvalue weighted by Crippen LogP contribution is -2.22. The molecule has 3 aliphatic rings. The normalized spacial score (nSPS) is 19.2. The minimum atomic E-state index is 0.0208. The van der Waals surface area contributed by atoms with Crippen molar-refractivity contribution in [3.05, 3.63) is 69.8 Å². The number of ketones is 2. The molecule has 5 rings (SSSR count). The fourth-order valence-electron chi connectivity index (χ4n) is 6.81. The predicted molar refractivity (Wildman–Crippen MR) is 139 cm³/mol. The lowest BCUT2D eigenvalue weighted by Gasteiger charge is -2.24. The van der Waals surface area contributed by atoms with Crippen LogP contribution < -0.4 is 0 Å². The molecule has 2 nitrogen and oxygen atoms in total. The van der Waals surface area contributed by atoms with Crippen LogP contribution in [0, 0.1) is 11.8 Å². The summed E-state index contributed by atoms with van der Waals surface area (Å²) in [5.41, 5.74) is 5.04. The molecular formula is C32H40O2. The minimum absolute atomic E-state index is 0.0208. The molecule has 0 heterocycles. The van der Waals surface area contributed by atoms with Crippen molar-refractivity contribution >= 4 is 11.6 Å². The van der Waals surface area contributed by atoms with Crippen LogP contribution in [0.2, 0.25) is 0 Å². The lowest BCUT2D eigenvalue weighted by molar-refractivity contribution is 0.0979. The molecule has 0 aromatic heterocycles. The molecule has 180 valence electrons. The molecule has 2 saturated carbocycles. The molecule has 0 amide bonds. The Hall–Kier alpha value is -2.22. The third kappa shape index (κ3) is 5.21. The Morgan fingerprint density at radius 3 is 1.38 bits per heavy atom. The second-order valence-electron chi connectivity index (χ2n) is 11.2. The van der Waals surface area contributed by atoms with Crippen LogP contribution in [0.25, 0.3) is 0 Å². The summed E-state index contributed by atoms with van der Waals surface area (Å²) in [5.74, 6) is 1.81. The summed E-state index contributed by atoms with van der Waals surface area (Å²) in [4.78, 5) is 26.6. The number of hydrogen-bond acceptors (Lipinski definition) is 2. The van der Waals surface area contributed by atoms with Crippen molar-refractivity contribution in [2.75, 3.05) is 0 Å². The average molecular weight is 457 g/mol. The van der Waals surface area contributed by atoms with E-state index in [4.69, 9.17) is 0 Å². The largest absolute Gasteiger partial charge is 0.289 e. The van der Waals surface area contributed by atoms with Crippen LogP contribution in [0.4, 0.5) is 0 Å². The highest BCUT2D eigenvalue weighted by Gasteiger charge is 2.30. The molecule has 2 aromatic rings. The van der Waals surface area contributed by atoms with Gasteiger partial charge >= 0.3 is 0 Å². The highest BCUT2D eigenvalue weighted by Crippen LogP contribution is 2.33.